The maximum atomic E-state index is 13.5. The van der Waals surface area contributed by atoms with E-state index in [2.05, 4.69) is 15.5 Å². The van der Waals surface area contributed by atoms with Crippen LogP contribution in [-0.4, -0.2) is 37.4 Å². The molecule has 1 saturated heterocycles. The van der Waals surface area contributed by atoms with Crippen LogP contribution >= 0.6 is 11.8 Å². The van der Waals surface area contributed by atoms with Crippen molar-refractivity contribution >= 4 is 29.2 Å². The van der Waals surface area contributed by atoms with Crippen molar-refractivity contribution in [2.75, 3.05) is 24.5 Å². The van der Waals surface area contributed by atoms with E-state index in [0.717, 1.165) is 54.1 Å². The maximum absolute atomic E-state index is 13.5. The number of alkyl halides is 3. The van der Waals surface area contributed by atoms with Gasteiger partial charge in [0.1, 0.15) is 5.60 Å². The van der Waals surface area contributed by atoms with Crippen LogP contribution < -0.4 is 15.5 Å². The first-order chi connectivity index (χ1) is 17.5. The number of amides is 1. The number of benzene rings is 2. The highest BCUT2D eigenvalue weighted by Gasteiger charge is 2.33. The molecule has 0 aromatic heterocycles. The molecular formula is C28H36F3N3O2S. The second kappa shape index (κ2) is 11.6. The molecule has 2 aromatic rings. The molecule has 2 N–H and O–H groups in total. The smallest absolute Gasteiger partial charge is 0.416 e. The molecule has 2 aromatic carbocycles. The van der Waals surface area contributed by atoms with Crippen molar-refractivity contribution in [3.63, 3.8) is 0 Å². The fourth-order valence-corrected chi connectivity index (χ4v) is 6.10. The van der Waals surface area contributed by atoms with E-state index in [1.807, 2.05) is 45.0 Å². The molecule has 1 fully saturated rings. The number of nitrogens with zero attached hydrogens (tertiary/aromatic N) is 1. The number of piperidine rings is 1. The molecule has 0 bridgehead atoms. The van der Waals surface area contributed by atoms with E-state index >= 15 is 0 Å². The van der Waals surface area contributed by atoms with Crippen LogP contribution in [0.2, 0.25) is 0 Å². The molecule has 5 nitrogen and oxygen atoms in total. The topological polar surface area (TPSA) is 53.6 Å². The Balaban J connectivity index is 1.33. The minimum absolute atomic E-state index is 0.330. The number of fused-ring (bicyclic) bond motifs is 2. The van der Waals surface area contributed by atoms with E-state index in [1.165, 1.54) is 23.9 Å². The van der Waals surface area contributed by atoms with Crippen LogP contribution in [0, 0.1) is 5.92 Å². The Morgan fingerprint density at radius 2 is 1.86 bits per heavy atom. The van der Waals surface area contributed by atoms with Crippen LogP contribution in [0.15, 0.2) is 52.3 Å². The van der Waals surface area contributed by atoms with Crippen molar-refractivity contribution in [1.82, 2.24) is 10.6 Å². The van der Waals surface area contributed by atoms with Crippen molar-refractivity contribution in [1.29, 1.82) is 0 Å². The lowest BCUT2D eigenvalue weighted by Gasteiger charge is -2.34. The van der Waals surface area contributed by atoms with Gasteiger partial charge in [-0.05, 0) is 95.7 Å². The third-order valence-electron chi connectivity index (χ3n) is 6.71. The normalized spacial score (nSPS) is 19.7. The summed E-state index contributed by atoms with van der Waals surface area (Å²) in [6.07, 6.45) is 0.0769. The van der Waals surface area contributed by atoms with Crippen molar-refractivity contribution in [2.45, 2.75) is 80.5 Å². The summed E-state index contributed by atoms with van der Waals surface area (Å²) in [5.74, 6) is 0.545. The SMILES string of the molecule is CC(C)(C)OC(=O)NCCC1CC(CCCN2c3ccccc3Sc3ccc(C(F)(F)F)cc32)CCN1. The van der Waals surface area contributed by atoms with Gasteiger partial charge in [0.05, 0.1) is 16.9 Å². The summed E-state index contributed by atoms with van der Waals surface area (Å²) in [7, 11) is 0. The van der Waals surface area contributed by atoms with Crippen LogP contribution in [0.4, 0.5) is 29.3 Å². The predicted molar refractivity (Wildman–Crippen MR) is 142 cm³/mol. The zero-order valence-corrected chi connectivity index (χ0v) is 22.5. The number of para-hydroxylation sites is 1. The highest BCUT2D eigenvalue weighted by molar-refractivity contribution is 7.99. The number of hydrogen-bond acceptors (Lipinski definition) is 5. The van der Waals surface area contributed by atoms with Gasteiger partial charge in [0.15, 0.2) is 0 Å². The number of nitrogens with one attached hydrogen (secondary N) is 2. The van der Waals surface area contributed by atoms with E-state index in [9.17, 15) is 18.0 Å². The summed E-state index contributed by atoms with van der Waals surface area (Å²) in [5, 5.41) is 6.38. The van der Waals surface area contributed by atoms with Gasteiger partial charge in [0, 0.05) is 28.9 Å². The Bertz CT molecular complexity index is 1090. The molecule has 0 radical (unpaired) electrons. The van der Waals surface area contributed by atoms with E-state index in [4.69, 9.17) is 4.74 Å². The lowest BCUT2D eigenvalue weighted by atomic mass is 9.87. The fraction of sp³-hybridized carbons (Fsp3) is 0.536. The van der Waals surface area contributed by atoms with Gasteiger partial charge >= 0.3 is 12.3 Å². The van der Waals surface area contributed by atoms with Crippen molar-refractivity contribution in [3.8, 4) is 0 Å². The second-order valence-corrected chi connectivity index (χ2v) is 11.9. The van der Waals surface area contributed by atoms with Crippen LogP contribution in [0.1, 0.15) is 58.4 Å². The van der Waals surface area contributed by atoms with Crippen molar-refractivity contribution < 1.29 is 22.7 Å². The van der Waals surface area contributed by atoms with Crippen molar-refractivity contribution in [2.24, 2.45) is 5.92 Å². The van der Waals surface area contributed by atoms with Gasteiger partial charge in [-0.25, -0.2) is 4.79 Å². The van der Waals surface area contributed by atoms with Crippen LogP contribution in [0.3, 0.4) is 0 Å². The number of carbonyl (C=O) groups excluding carboxylic acids is 1. The molecule has 2 aliphatic rings. The number of halogens is 3. The summed E-state index contributed by atoms with van der Waals surface area (Å²) in [4.78, 5) is 15.9. The molecule has 2 aliphatic heterocycles. The van der Waals surface area contributed by atoms with Gasteiger partial charge in [-0.3, -0.25) is 0 Å². The predicted octanol–water partition coefficient (Wildman–Crippen LogP) is 7.37. The summed E-state index contributed by atoms with van der Waals surface area (Å²) in [6.45, 7) is 7.68. The minimum atomic E-state index is -4.37. The number of ether oxygens (including phenoxy) is 1. The van der Waals surface area contributed by atoms with Crippen molar-refractivity contribution in [3.05, 3.63) is 48.0 Å². The number of anilines is 2. The molecule has 37 heavy (non-hydrogen) atoms. The van der Waals surface area contributed by atoms with Crippen LogP contribution in [0.5, 0.6) is 0 Å². The van der Waals surface area contributed by atoms with Crippen LogP contribution in [0.25, 0.3) is 0 Å². The van der Waals surface area contributed by atoms with Gasteiger partial charge in [-0.15, -0.1) is 0 Å². The van der Waals surface area contributed by atoms with E-state index in [0.29, 0.717) is 30.7 Å². The molecule has 2 atom stereocenters. The molecule has 1 amide bonds. The highest BCUT2D eigenvalue weighted by atomic mass is 32.2. The van der Waals surface area contributed by atoms with Gasteiger partial charge in [-0.2, -0.15) is 13.2 Å². The Hall–Kier alpha value is -2.39. The highest BCUT2D eigenvalue weighted by Crippen LogP contribution is 2.49. The molecule has 0 saturated carbocycles. The average Bonchev–Trinajstić information content (AvgIpc) is 2.82. The Morgan fingerprint density at radius 3 is 2.62 bits per heavy atom. The van der Waals surface area contributed by atoms with E-state index in [-0.39, 0.29) is 0 Å². The molecular weight excluding hydrogens is 499 g/mol. The quantitative estimate of drug-likeness (QED) is 0.388. The number of rotatable bonds is 7. The van der Waals surface area contributed by atoms with Gasteiger partial charge in [0.2, 0.25) is 0 Å². The first kappa shape index (κ1) is 27.6. The second-order valence-electron chi connectivity index (χ2n) is 10.8. The Morgan fingerprint density at radius 1 is 1.11 bits per heavy atom. The molecule has 0 spiro atoms. The monoisotopic (exact) mass is 535 g/mol. The maximum Gasteiger partial charge on any atom is 0.416 e. The number of hydrogen-bond donors (Lipinski definition) is 2. The first-order valence-electron chi connectivity index (χ1n) is 13.0. The first-order valence-corrected chi connectivity index (χ1v) is 13.8. The Labute approximate surface area is 221 Å². The fourth-order valence-electron chi connectivity index (χ4n) is 5.02. The summed E-state index contributed by atoms with van der Waals surface area (Å²) < 4.78 is 45.7. The van der Waals surface area contributed by atoms with Gasteiger partial charge in [0.25, 0.3) is 0 Å². The third-order valence-corrected chi connectivity index (χ3v) is 7.84. The van der Waals surface area contributed by atoms with Crippen LogP contribution in [-0.2, 0) is 10.9 Å². The standard InChI is InChI=1S/C28H36F3N3O2S/c1-27(2,3)36-26(35)33-15-13-21-17-19(12-14-32-21)7-6-16-34-22-8-4-5-9-24(22)37-25-11-10-20(18-23(25)34)28(29,30)31/h4-5,8-11,18-19,21,32H,6-7,12-17H2,1-3H3,(H,33,35). The largest absolute Gasteiger partial charge is 0.444 e. The summed E-state index contributed by atoms with van der Waals surface area (Å²) >= 11 is 1.52. The lowest BCUT2D eigenvalue weighted by Crippen LogP contribution is -2.41. The summed E-state index contributed by atoms with van der Waals surface area (Å²) in [5.41, 5.74) is 0.476. The number of alkyl carbamates (subject to hydrolysis) is 1. The molecule has 9 heteroatoms. The summed E-state index contributed by atoms with van der Waals surface area (Å²) in [6, 6.07) is 12.3. The van der Waals surface area contributed by atoms with E-state index in [1.54, 1.807) is 6.07 Å². The third kappa shape index (κ3) is 7.57. The molecule has 2 heterocycles. The molecule has 0 aliphatic carbocycles. The minimum Gasteiger partial charge on any atom is -0.444 e. The molecule has 202 valence electrons. The molecule has 2 unspecified atom stereocenters. The zero-order chi connectivity index (χ0) is 26.6. The van der Waals surface area contributed by atoms with Gasteiger partial charge < -0.3 is 20.3 Å². The number of carbonyl (C=O) groups is 1. The zero-order valence-electron chi connectivity index (χ0n) is 21.7. The van der Waals surface area contributed by atoms with E-state index < -0.39 is 23.4 Å². The Kier molecular flexibility index (Phi) is 8.63. The van der Waals surface area contributed by atoms with Gasteiger partial charge in [-0.1, -0.05) is 23.9 Å². The average molecular weight is 536 g/mol. The lowest BCUT2D eigenvalue weighted by molar-refractivity contribution is -0.137. The molecule has 4 rings (SSSR count).